The van der Waals surface area contributed by atoms with Gasteiger partial charge in [-0.1, -0.05) is 6.92 Å². The van der Waals surface area contributed by atoms with Gasteiger partial charge in [-0.05, 0) is 13.3 Å². The number of aryl methyl sites for hydroxylation is 2. The van der Waals surface area contributed by atoms with Crippen LogP contribution in [0.25, 0.3) is 0 Å². The lowest BCUT2D eigenvalue weighted by atomic mass is 10.3. The van der Waals surface area contributed by atoms with Gasteiger partial charge in [0.2, 0.25) is 5.91 Å². The van der Waals surface area contributed by atoms with Crippen molar-refractivity contribution in [3.05, 3.63) is 18.2 Å². The van der Waals surface area contributed by atoms with Gasteiger partial charge in [-0.3, -0.25) is 4.79 Å². The Morgan fingerprint density at radius 1 is 1.64 bits per heavy atom. The van der Waals surface area contributed by atoms with E-state index < -0.39 is 0 Å². The molecule has 0 aliphatic heterocycles. The molecule has 0 aromatic carbocycles. The number of carbonyl (C=O) groups excluding carboxylic acids is 1. The number of hydrogen-bond donors (Lipinski definition) is 1. The molecule has 4 nitrogen and oxygen atoms in total. The van der Waals surface area contributed by atoms with Crippen LogP contribution in [-0.4, -0.2) is 22.0 Å². The maximum atomic E-state index is 11.3. The molecule has 0 saturated carbocycles. The van der Waals surface area contributed by atoms with Crippen molar-refractivity contribution in [1.29, 1.82) is 0 Å². The largest absolute Gasteiger partial charge is 0.356 e. The molecule has 1 aromatic heterocycles. The summed E-state index contributed by atoms with van der Waals surface area (Å²) in [6, 6.07) is 0. The topological polar surface area (TPSA) is 46.9 Å². The summed E-state index contributed by atoms with van der Waals surface area (Å²) in [5.74, 6) is 1.06. The fourth-order valence-electron chi connectivity index (χ4n) is 1.21. The molecule has 1 heterocycles. The molecule has 1 aromatic rings. The predicted octanol–water partition coefficient (Wildman–Crippen LogP) is 1.11. The lowest BCUT2D eigenvalue weighted by molar-refractivity contribution is -0.121. The second-order valence-corrected chi connectivity index (χ2v) is 3.27. The molecular formula is C10H17N3O. The number of hydrogen-bond acceptors (Lipinski definition) is 2. The van der Waals surface area contributed by atoms with E-state index >= 15 is 0 Å². The first-order valence-corrected chi connectivity index (χ1v) is 4.98. The Kier molecular flexibility index (Phi) is 4.16. The highest BCUT2D eigenvalue weighted by Gasteiger charge is 2.01. The van der Waals surface area contributed by atoms with Gasteiger partial charge in [0, 0.05) is 31.9 Å². The van der Waals surface area contributed by atoms with Crippen LogP contribution in [0.4, 0.5) is 0 Å². The molecule has 1 N–H and O–H groups in total. The van der Waals surface area contributed by atoms with Crippen molar-refractivity contribution in [3.8, 4) is 0 Å². The van der Waals surface area contributed by atoms with Crippen molar-refractivity contribution in [2.75, 3.05) is 6.54 Å². The highest BCUT2D eigenvalue weighted by Crippen LogP contribution is 1.96. The highest BCUT2D eigenvalue weighted by molar-refractivity contribution is 5.75. The molecule has 0 atom stereocenters. The number of rotatable bonds is 5. The zero-order valence-corrected chi connectivity index (χ0v) is 8.79. The Morgan fingerprint density at radius 3 is 3.00 bits per heavy atom. The lowest BCUT2D eigenvalue weighted by Crippen LogP contribution is -2.25. The maximum Gasteiger partial charge on any atom is 0.221 e. The van der Waals surface area contributed by atoms with Crippen molar-refractivity contribution >= 4 is 5.91 Å². The molecule has 0 unspecified atom stereocenters. The van der Waals surface area contributed by atoms with E-state index in [1.165, 1.54) is 0 Å². The van der Waals surface area contributed by atoms with E-state index in [9.17, 15) is 4.79 Å². The van der Waals surface area contributed by atoms with Crippen molar-refractivity contribution in [1.82, 2.24) is 14.9 Å². The van der Waals surface area contributed by atoms with Gasteiger partial charge in [0.05, 0.1) is 0 Å². The minimum atomic E-state index is 0.111. The fraction of sp³-hybridized carbons (Fsp3) is 0.600. The Balaban J connectivity index is 2.27. The zero-order chi connectivity index (χ0) is 10.4. The van der Waals surface area contributed by atoms with Crippen LogP contribution in [0.1, 0.15) is 25.6 Å². The van der Waals surface area contributed by atoms with Gasteiger partial charge in [0.15, 0.2) is 0 Å². The first-order valence-electron chi connectivity index (χ1n) is 4.98. The van der Waals surface area contributed by atoms with Gasteiger partial charge in [-0.25, -0.2) is 4.98 Å². The molecule has 0 saturated heterocycles. The fourth-order valence-corrected chi connectivity index (χ4v) is 1.21. The van der Waals surface area contributed by atoms with Crippen molar-refractivity contribution in [2.24, 2.45) is 0 Å². The molecule has 0 bridgehead atoms. The third-order valence-corrected chi connectivity index (χ3v) is 2.08. The summed E-state index contributed by atoms with van der Waals surface area (Å²) in [7, 11) is 0. The summed E-state index contributed by atoms with van der Waals surface area (Å²) in [6.07, 6.45) is 5.15. The molecule has 0 radical (unpaired) electrons. The molecule has 4 heteroatoms. The van der Waals surface area contributed by atoms with Crippen LogP contribution in [0.3, 0.4) is 0 Å². The Hall–Kier alpha value is -1.32. The van der Waals surface area contributed by atoms with E-state index in [-0.39, 0.29) is 5.91 Å². The van der Waals surface area contributed by atoms with Gasteiger partial charge >= 0.3 is 0 Å². The zero-order valence-electron chi connectivity index (χ0n) is 8.79. The van der Waals surface area contributed by atoms with E-state index in [2.05, 4.69) is 10.3 Å². The standard InChI is InChI=1S/C10H17N3O/c1-3-5-12-10(14)4-7-13-8-6-11-9(13)2/h6,8H,3-5,7H2,1-2H3,(H,12,14). The van der Waals surface area contributed by atoms with Crippen LogP contribution in [0.5, 0.6) is 0 Å². The lowest BCUT2D eigenvalue weighted by Gasteiger charge is -2.05. The van der Waals surface area contributed by atoms with Crippen molar-refractivity contribution < 1.29 is 4.79 Å². The molecule has 1 rings (SSSR count). The molecule has 0 spiro atoms. The summed E-state index contributed by atoms with van der Waals surface area (Å²) in [5.41, 5.74) is 0. The summed E-state index contributed by atoms with van der Waals surface area (Å²) < 4.78 is 1.98. The number of imidazole rings is 1. The van der Waals surface area contributed by atoms with Crippen LogP contribution in [0, 0.1) is 6.92 Å². The predicted molar refractivity (Wildman–Crippen MR) is 54.9 cm³/mol. The Labute approximate surface area is 84.3 Å². The van der Waals surface area contributed by atoms with Crippen LogP contribution < -0.4 is 5.32 Å². The Morgan fingerprint density at radius 2 is 2.43 bits per heavy atom. The van der Waals surface area contributed by atoms with Gasteiger partial charge in [-0.2, -0.15) is 0 Å². The normalized spacial score (nSPS) is 10.1. The number of nitrogens with one attached hydrogen (secondary N) is 1. The first-order chi connectivity index (χ1) is 6.74. The van der Waals surface area contributed by atoms with Crippen molar-refractivity contribution in [3.63, 3.8) is 0 Å². The van der Waals surface area contributed by atoms with E-state index in [1.807, 2.05) is 24.6 Å². The summed E-state index contributed by atoms with van der Waals surface area (Å²) in [6.45, 7) is 5.45. The smallest absolute Gasteiger partial charge is 0.221 e. The van der Waals surface area contributed by atoms with E-state index in [4.69, 9.17) is 0 Å². The summed E-state index contributed by atoms with van der Waals surface area (Å²) in [5, 5.41) is 2.84. The average molecular weight is 195 g/mol. The number of carbonyl (C=O) groups is 1. The van der Waals surface area contributed by atoms with E-state index in [0.717, 1.165) is 18.8 Å². The average Bonchev–Trinajstić information content (AvgIpc) is 2.58. The van der Waals surface area contributed by atoms with Crippen molar-refractivity contribution in [2.45, 2.75) is 33.2 Å². The first kappa shape index (κ1) is 10.8. The van der Waals surface area contributed by atoms with Gasteiger partial charge < -0.3 is 9.88 Å². The molecule has 0 aliphatic carbocycles. The van der Waals surface area contributed by atoms with Crippen LogP contribution in [-0.2, 0) is 11.3 Å². The SMILES string of the molecule is CCCNC(=O)CCn1ccnc1C. The number of nitrogens with zero attached hydrogens (tertiary/aromatic N) is 2. The number of aromatic nitrogens is 2. The summed E-state index contributed by atoms with van der Waals surface area (Å²) in [4.78, 5) is 15.4. The van der Waals surface area contributed by atoms with Crippen LogP contribution in [0.15, 0.2) is 12.4 Å². The van der Waals surface area contributed by atoms with Gasteiger partial charge in [0.1, 0.15) is 5.82 Å². The second kappa shape index (κ2) is 5.42. The van der Waals surface area contributed by atoms with Crippen LogP contribution in [0.2, 0.25) is 0 Å². The highest BCUT2D eigenvalue weighted by atomic mass is 16.1. The third-order valence-electron chi connectivity index (χ3n) is 2.08. The molecule has 14 heavy (non-hydrogen) atoms. The monoisotopic (exact) mass is 195 g/mol. The molecule has 78 valence electrons. The van der Waals surface area contributed by atoms with Gasteiger partial charge in [0.25, 0.3) is 0 Å². The minimum absolute atomic E-state index is 0.111. The molecule has 0 aliphatic rings. The maximum absolute atomic E-state index is 11.3. The second-order valence-electron chi connectivity index (χ2n) is 3.27. The Bertz CT molecular complexity index is 293. The molecule has 0 fully saturated rings. The third kappa shape index (κ3) is 3.20. The minimum Gasteiger partial charge on any atom is -0.356 e. The van der Waals surface area contributed by atoms with E-state index in [0.29, 0.717) is 13.0 Å². The van der Waals surface area contributed by atoms with Crippen LogP contribution >= 0.6 is 0 Å². The van der Waals surface area contributed by atoms with Gasteiger partial charge in [-0.15, -0.1) is 0 Å². The van der Waals surface area contributed by atoms with E-state index in [1.54, 1.807) is 6.20 Å². The molecule has 1 amide bonds. The number of amides is 1. The quantitative estimate of drug-likeness (QED) is 0.765. The summed E-state index contributed by atoms with van der Waals surface area (Å²) >= 11 is 0. The molecular weight excluding hydrogens is 178 g/mol.